The molecule has 0 bridgehead atoms. The summed E-state index contributed by atoms with van der Waals surface area (Å²) in [4.78, 5) is 31.6. The molecule has 198 valence electrons. The third-order valence-electron chi connectivity index (χ3n) is 7.77. The molecular weight excluding hydrogens is 468 g/mol. The number of benzene rings is 1. The topological polar surface area (TPSA) is 104 Å². The minimum Gasteiger partial charge on any atom is -0.480 e. The van der Waals surface area contributed by atoms with Crippen LogP contribution in [0.2, 0.25) is 0 Å². The first-order chi connectivity index (χ1) is 18.1. The quantitative estimate of drug-likeness (QED) is 0.365. The van der Waals surface area contributed by atoms with E-state index in [1.54, 1.807) is 0 Å². The highest BCUT2D eigenvalue weighted by molar-refractivity contribution is 5.80. The number of carboxylic acids is 1. The van der Waals surface area contributed by atoms with Crippen molar-refractivity contribution in [2.24, 2.45) is 0 Å². The summed E-state index contributed by atoms with van der Waals surface area (Å²) in [5, 5.41) is 15.7. The molecule has 1 aliphatic heterocycles. The van der Waals surface area contributed by atoms with Gasteiger partial charge in [0.25, 0.3) is 0 Å². The lowest BCUT2D eigenvalue weighted by Gasteiger charge is -2.24. The molecule has 0 spiro atoms. The van der Waals surface area contributed by atoms with Crippen molar-refractivity contribution in [2.45, 2.75) is 82.4 Å². The number of carbonyl (C=O) groups excluding carboxylic acids is 1. The van der Waals surface area contributed by atoms with Crippen molar-refractivity contribution >= 4 is 17.9 Å². The third-order valence-corrected chi connectivity index (χ3v) is 7.77. The van der Waals surface area contributed by atoms with Crippen LogP contribution in [0.4, 0.5) is 10.6 Å². The van der Waals surface area contributed by atoms with Gasteiger partial charge in [0.05, 0.1) is 0 Å². The number of aryl methyl sites for hydroxylation is 3. The largest absolute Gasteiger partial charge is 0.480 e. The van der Waals surface area contributed by atoms with Crippen LogP contribution >= 0.6 is 0 Å². The molecular formula is C29H38N4O4. The highest BCUT2D eigenvalue weighted by Gasteiger charge is 2.31. The molecule has 1 amide bonds. The molecule has 1 aromatic heterocycles. The summed E-state index contributed by atoms with van der Waals surface area (Å²) >= 11 is 0. The van der Waals surface area contributed by atoms with E-state index in [0.717, 1.165) is 81.5 Å². The van der Waals surface area contributed by atoms with E-state index < -0.39 is 18.1 Å². The second-order valence-electron chi connectivity index (χ2n) is 10.5. The van der Waals surface area contributed by atoms with Gasteiger partial charge in [-0.3, -0.25) is 0 Å². The lowest BCUT2D eigenvalue weighted by Crippen LogP contribution is -2.44. The van der Waals surface area contributed by atoms with Gasteiger partial charge in [0, 0.05) is 24.8 Å². The number of hydrogen-bond donors (Lipinski definition) is 3. The maximum Gasteiger partial charge on any atom is 0.408 e. The molecule has 8 heteroatoms. The minimum atomic E-state index is -1.02. The number of rotatable bonds is 12. The number of carboxylic acid groups (broad SMARTS) is 1. The van der Waals surface area contributed by atoms with Gasteiger partial charge in [-0.25, -0.2) is 14.6 Å². The number of nitrogens with one attached hydrogen (secondary N) is 2. The van der Waals surface area contributed by atoms with Crippen molar-refractivity contribution in [1.82, 2.24) is 15.2 Å². The SMILES string of the molecule is O=C(N[C@@H](CCN(CCCCc1ccc2c(n1)NCCC2)C1CC1)C(=O)O)OC1CCc2ccccc21. The van der Waals surface area contributed by atoms with E-state index >= 15 is 0 Å². The molecule has 8 nitrogen and oxygen atoms in total. The number of pyridine rings is 1. The molecule has 2 aliphatic carbocycles. The van der Waals surface area contributed by atoms with Gasteiger partial charge in [-0.15, -0.1) is 0 Å². The zero-order valence-corrected chi connectivity index (χ0v) is 21.5. The average molecular weight is 507 g/mol. The van der Waals surface area contributed by atoms with Gasteiger partial charge in [-0.05, 0) is 93.5 Å². The first-order valence-electron chi connectivity index (χ1n) is 13.8. The highest BCUT2D eigenvalue weighted by Crippen LogP contribution is 2.33. The van der Waals surface area contributed by atoms with E-state index in [4.69, 9.17) is 9.72 Å². The second kappa shape index (κ2) is 11.9. The summed E-state index contributed by atoms with van der Waals surface area (Å²) in [6.07, 6.45) is 8.62. The normalized spacial score (nSPS) is 19.0. The second-order valence-corrected chi connectivity index (χ2v) is 10.5. The molecule has 3 N–H and O–H groups in total. The van der Waals surface area contributed by atoms with E-state index in [1.165, 1.54) is 17.5 Å². The van der Waals surface area contributed by atoms with Crippen molar-refractivity contribution in [3.63, 3.8) is 0 Å². The van der Waals surface area contributed by atoms with Crippen LogP contribution in [-0.4, -0.2) is 58.8 Å². The smallest absolute Gasteiger partial charge is 0.408 e. The number of aromatic nitrogens is 1. The van der Waals surface area contributed by atoms with Crippen LogP contribution in [0.3, 0.4) is 0 Å². The fraction of sp³-hybridized carbons (Fsp3) is 0.552. The number of hydrogen-bond acceptors (Lipinski definition) is 6. The number of amides is 1. The molecule has 2 atom stereocenters. The van der Waals surface area contributed by atoms with Crippen molar-refractivity contribution in [3.05, 3.63) is 58.8 Å². The number of fused-ring (bicyclic) bond motifs is 2. The first-order valence-corrected chi connectivity index (χ1v) is 13.8. The standard InChI is InChI=1S/C29H38N4O4/c34-28(35)25(32-29(36)37-26-15-11-20-6-1-2-9-24(20)26)16-19-33(23-13-14-23)18-4-3-8-22-12-10-21-7-5-17-30-27(21)31-22/h1-2,6,9-10,12,23,25-26H,3-5,7-8,11,13-19H2,(H,30,31)(H,32,36)(H,34,35)/t25-,26?/m0/s1. The maximum atomic E-state index is 12.5. The van der Waals surface area contributed by atoms with Crippen LogP contribution in [0, 0.1) is 0 Å². The van der Waals surface area contributed by atoms with E-state index in [9.17, 15) is 14.7 Å². The summed E-state index contributed by atoms with van der Waals surface area (Å²) < 4.78 is 5.60. The molecule has 0 radical (unpaired) electrons. The third kappa shape index (κ3) is 6.80. The van der Waals surface area contributed by atoms with Crippen LogP contribution in [0.25, 0.3) is 0 Å². The molecule has 2 aromatic rings. The van der Waals surface area contributed by atoms with Gasteiger partial charge in [-0.2, -0.15) is 0 Å². The van der Waals surface area contributed by atoms with Gasteiger partial charge >= 0.3 is 12.1 Å². The fourth-order valence-electron chi connectivity index (χ4n) is 5.54. The number of carbonyl (C=O) groups is 2. The lowest BCUT2D eigenvalue weighted by atomic mass is 10.1. The maximum absolute atomic E-state index is 12.5. The Bertz CT molecular complexity index is 1100. The Kier molecular flexibility index (Phi) is 8.24. The first kappa shape index (κ1) is 25.5. The van der Waals surface area contributed by atoms with Crippen molar-refractivity contribution < 1.29 is 19.4 Å². The van der Waals surface area contributed by atoms with Gasteiger partial charge in [0.2, 0.25) is 0 Å². The van der Waals surface area contributed by atoms with Crippen LogP contribution < -0.4 is 10.6 Å². The Morgan fingerprint density at radius 1 is 1.08 bits per heavy atom. The molecule has 1 aromatic carbocycles. The molecule has 1 unspecified atom stereocenters. The Morgan fingerprint density at radius 2 is 1.95 bits per heavy atom. The summed E-state index contributed by atoms with van der Waals surface area (Å²) in [5.74, 6) is 0.0258. The van der Waals surface area contributed by atoms with Crippen molar-refractivity contribution in [1.29, 1.82) is 0 Å². The van der Waals surface area contributed by atoms with Crippen LogP contribution in [0.15, 0.2) is 36.4 Å². The number of ether oxygens (including phenoxy) is 1. The number of aliphatic carboxylic acids is 1. The van der Waals surface area contributed by atoms with Crippen molar-refractivity contribution in [2.75, 3.05) is 25.0 Å². The Balaban J connectivity index is 1.06. The van der Waals surface area contributed by atoms with E-state index in [1.807, 2.05) is 24.3 Å². The zero-order chi connectivity index (χ0) is 25.6. The molecule has 3 aliphatic rings. The summed E-state index contributed by atoms with van der Waals surface area (Å²) in [5.41, 5.74) is 4.65. The van der Waals surface area contributed by atoms with Crippen molar-refractivity contribution in [3.8, 4) is 0 Å². The zero-order valence-electron chi connectivity index (χ0n) is 21.5. The Labute approximate surface area is 218 Å². The monoisotopic (exact) mass is 506 g/mol. The minimum absolute atomic E-state index is 0.311. The fourth-order valence-corrected chi connectivity index (χ4v) is 5.54. The number of alkyl carbamates (subject to hydrolysis) is 1. The van der Waals surface area contributed by atoms with Crippen LogP contribution in [0.1, 0.15) is 73.4 Å². The molecule has 1 saturated carbocycles. The summed E-state index contributed by atoms with van der Waals surface area (Å²) in [6, 6.07) is 11.9. The van der Waals surface area contributed by atoms with Gasteiger partial charge < -0.3 is 25.4 Å². The molecule has 5 rings (SSSR count). The van der Waals surface area contributed by atoms with E-state index in [-0.39, 0.29) is 6.10 Å². The summed E-state index contributed by atoms with van der Waals surface area (Å²) in [7, 11) is 0. The molecule has 0 saturated heterocycles. The predicted octanol–water partition coefficient (Wildman–Crippen LogP) is 4.48. The Hall–Kier alpha value is -3.13. The van der Waals surface area contributed by atoms with Gasteiger partial charge in [0.15, 0.2) is 0 Å². The highest BCUT2D eigenvalue weighted by atomic mass is 16.6. The van der Waals surface area contributed by atoms with Gasteiger partial charge in [-0.1, -0.05) is 30.3 Å². The Morgan fingerprint density at radius 3 is 2.78 bits per heavy atom. The van der Waals surface area contributed by atoms with Gasteiger partial charge in [0.1, 0.15) is 18.0 Å². The lowest BCUT2D eigenvalue weighted by molar-refractivity contribution is -0.139. The number of nitrogens with zero attached hydrogens (tertiary/aromatic N) is 2. The number of unbranched alkanes of at least 4 members (excludes halogenated alkanes) is 1. The van der Waals surface area contributed by atoms with Crippen LogP contribution in [-0.2, 0) is 28.8 Å². The van der Waals surface area contributed by atoms with E-state index in [0.29, 0.717) is 19.0 Å². The average Bonchev–Trinajstić information content (AvgIpc) is 3.68. The number of anilines is 1. The molecule has 1 fully saturated rings. The van der Waals surface area contributed by atoms with Crippen LogP contribution in [0.5, 0.6) is 0 Å². The summed E-state index contributed by atoms with van der Waals surface area (Å²) in [6.45, 7) is 2.58. The molecule has 37 heavy (non-hydrogen) atoms. The predicted molar refractivity (Wildman–Crippen MR) is 142 cm³/mol. The molecule has 2 heterocycles. The van der Waals surface area contributed by atoms with E-state index in [2.05, 4.69) is 27.7 Å².